The highest BCUT2D eigenvalue weighted by Gasteiger charge is 2.39. The first kappa shape index (κ1) is 104. The third-order valence-corrected chi connectivity index (χ3v) is 23.9. The molecule has 0 aromatic heterocycles. The highest BCUT2D eigenvalue weighted by Crippen LogP contribution is 2.32. The van der Waals surface area contributed by atoms with Gasteiger partial charge in [-0.1, -0.05) is 135 Å². The van der Waals surface area contributed by atoms with Crippen LogP contribution in [0, 0.1) is 23.7 Å². The molecule has 4 saturated carbocycles. The number of nitrogens with one attached hydrogen (secondary N) is 13. The van der Waals surface area contributed by atoms with Crippen molar-refractivity contribution in [2.45, 2.75) is 382 Å². The molecule has 13 amide bonds. The Morgan fingerprint density at radius 3 is 0.630 bits per heavy atom. The highest BCUT2D eigenvalue weighted by molar-refractivity contribution is 6.00. The number of carbonyl (C=O) groups excluding carboxylic acids is 13. The van der Waals surface area contributed by atoms with Gasteiger partial charge in [0.2, 0.25) is 76.8 Å². The predicted molar refractivity (Wildman–Crippen MR) is 456 cm³/mol. The Morgan fingerprint density at radius 2 is 0.412 bits per heavy atom. The Bertz CT molecular complexity index is 3100. The maximum atomic E-state index is 14.9. The molecule has 0 aliphatic heterocycles. The van der Waals surface area contributed by atoms with Crippen LogP contribution < -0.4 is 109 Å². The minimum atomic E-state index is -1.30. The molecule has 0 unspecified atom stereocenters. The lowest BCUT2D eigenvalue weighted by atomic mass is 9.84. The number of aliphatic carboxylic acids is 1. The fraction of sp³-hybridized carbons (Fsp3) is 0.833. The number of nitrogens with two attached hydrogens (primary N) is 7. The molecule has 0 aromatic carbocycles. The van der Waals surface area contributed by atoms with E-state index in [-0.39, 0.29) is 94.7 Å². The minimum absolute atomic E-state index is 0.00819. The molecule has 0 aromatic rings. The number of hydrogen-bond donors (Lipinski definition) is 21. The van der Waals surface area contributed by atoms with Crippen molar-refractivity contribution in [2.75, 3.05) is 39.3 Å². The fourth-order valence-corrected chi connectivity index (χ4v) is 16.5. The Morgan fingerprint density at radius 1 is 0.235 bits per heavy atom. The van der Waals surface area contributed by atoms with E-state index in [2.05, 4.69) is 69.1 Å². The van der Waals surface area contributed by atoms with E-state index in [4.69, 9.17) is 40.1 Å². The molecule has 0 spiro atoms. The zero-order valence-electron chi connectivity index (χ0n) is 72.0. The number of carboxylic acid groups (broad SMARTS) is 1. The van der Waals surface area contributed by atoms with Crippen molar-refractivity contribution < 1.29 is 72.2 Å². The molecular formula is C84H154N20O15. The second kappa shape index (κ2) is 59.1. The van der Waals surface area contributed by atoms with E-state index in [1.54, 1.807) is 0 Å². The third kappa shape index (κ3) is 40.7. The number of hydrogen-bond acceptors (Lipinski definition) is 21. The molecular weight excluding hydrogens is 1530 g/mol. The number of carbonyl (C=O) groups is 14. The van der Waals surface area contributed by atoms with Crippen LogP contribution in [0.3, 0.4) is 0 Å². The van der Waals surface area contributed by atoms with Crippen molar-refractivity contribution in [3.8, 4) is 0 Å². The van der Waals surface area contributed by atoms with Gasteiger partial charge in [-0.05, 0) is 225 Å². The highest BCUT2D eigenvalue weighted by atomic mass is 16.4. The quantitative estimate of drug-likeness (QED) is 0.0383. The lowest BCUT2D eigenvalue weighted by Crippen LogP contribution is -2.60. The molecule has 0 bridgehead atoms. The molecule has 35 nitrogen and oxygen atoms in total. The summed E-state index contributed by atoms with van der Waals surface area (Å²) in [5.41, 5.74) is 41.1. The zero-order chi connectivity index (χ0) is 87.6. The summed E-state index contributed by atoms with van der Waals surface area (Å²) in [6.07, 6.45) is 25.5. The van der Waals surface area contributed by atoms with Gasteiger partial charge in [-0.15, -0.1) is 0 Å². The van der Waals surface area contributed by atoms with Gasteiger partial charge in [-0.3, -0.25) is 62.3 Å². The topological polar surface area (TPSA) is 598 Å². The molecule has 4 fully saturated rings. The van der Waals surface area contributed by atoms with E-state index in [0.717, 1.165) is 128 Å². The molecule has 0 heterocycles. The Labute approximate surface area is 706 Å². The summed E-state index contributed by atoms with van der Waals surface area (Å²) >= 11 is 0. The van der Waals surface area contributed by atoms with E-state index in [1.165, 1.54) is 27.7 Å². The van der Waals surface area contributed by atoms with Crippen molar-refractivity contribution in [2.24, 2.45) is 63.8 Å². The fourth-order valence-electron chi connectivity index (χ4n) is 16.5. The number of rotatable bonds is 59. The molecule has 4 rings (SSSR count). The number of amides is 13. The van der Waals surface area contributed by atoms with E-state index in [1.807, 2.05) is 0 Å². The van der Waals surface area contributed by atoms with Crippen molar-refractivity contribution in [1.29, 1.82) is 0 Å². The van der Waals surface area contributed by atoms with Gasteiger partial charge in [-0.2, -0.15) is 0 Å². The first-order valence-corrected chi connectivity index (χ1v) is 45.2. The van der Waals surface area contributed by atoms with Gasteiger partial charge in [0.1, 0.15) is 78.5 Å². The van der Waals surface area contributed by atoms with E-state index >= 15 is 0 Å². The van der Waals surface area contributed by atoms with Crippen LogP contribution in [0.2, 0.25) is 0 Å². The van der Waals surface area contributed by atoms with Crippen molar-refractivity contribution in [3.63, 3.8) is 0 Å². The van der Waals surface area contributed by atoms with Gasteiger partial charge in [0, 0.05) is 0 Å². The average molecular weight is 1680 g/mol. The summed E-state index contributed by atoms with van der Waals surface area (Å²) in [6, 6.07) is -16.6. The largest absolute Gasteiger partial charge is 0.480 e. The van der Waals surface area contributed by atoms with Crippen LogP contribution in [0.4, 0.5) is 0 Å². The standard InChI is InChI=1S/C84H154N20O15/c1-53(92-80(114)67(49-57-29-9-5-10-30-57)101-75(109)61(91)37-17-23-43-85)72(106)97-63(39-19-25-45-87)77(111)102-68(50-58-31-11-6-12-32-58)81(115)93-54(2)71(105)96-62(38-18-24-44-86)76(110)99-65(41-21-27-47-89)79(113)104-70(52-60-35-15-8-16-36-60)82(116)94-55(3)73(107)98-64(40-20-26-46-88)78(112)103-69(51-59-33-13-7-14-34-59)83(117)95-56(4)74(108)100-66(84(118)119)42-22-28-48-90/h53-70H,5-52,85-91H2,1-4H3,(H,92,114)(H,93,115)(H,94,116)(H,95,117)(H,96,105)(H,97,106)(H,98,107)(H,99,110)(H,100,108)(H,101,109)(H,102,111)(H,103,112)(H,104,113)(H,118,119)/t53-,54-,55-,56-,61-,62-,63-,64-,65-,66-,67-,68+,69-,70+/m1/s1. The summed E-state index contributed by atoms with van der Waals surface area (Å²) in [7, 11) is 0. The van der Waals surface area contributed by atoms with Crippen LogP contribution in [-0.4, -0.2) is 212 Å². The maximum Gasteiger partial charge on any atom is 0.326 e. The first-order valence-electron chi connectivity index (χ1n) is 45.2. The Kier molecular flexibility index (Phi) is 51.5. The average Bonchev–Trinajstić information content (AvgIpc) is 0.863. The second-order valence-corrected chi connectivity index (χ2v) is 34.1. The summed E-state index contributed by atoms with van der Waals surface area (Å²) in [5, 5.41) is 46.0. The summed E-state index contributed by atoms with van der Waals surface area (Å²) in [6.45, 7) is 7.63. The molecule has 0 saturated heterocycles. The lowest BCUT2D eigenvalue weighted by Gasteiger charge is -2.30. The van der Waals surface area contributed by atoms with Gasteiger partial charge in [0.05, 0.1) is 6.04 Å². The van der Waals surface area contributed by atoms with Crippen LogP contribution in [0.5, 0.6) is 0 Å². The van der Waals surface area contributed by atoms with E-state index < -0.39 is 167 Å². The van der Waals surface area contributed by atoms with Gasteiger partial charge in [0.15, 0.2) is 0 Å². The summed E-state index contributed by atoms with van der Waals surface area (Å²) < 4.78 is 0. The normalized spacial score (nSPS) is 18.5. The van der Waals surface area contributed by atoms with Gasteiger partial charge >= 0.3 is 5.97 Å². The van der Waals surface area contributed by atoms with Crippen LogP contribution in [-0.2, 0) is 67.1 Å². The van der Waals surface area contributed by atoms with Crippen molar-refractivity contribution in [3.05, 3.63) is 0 Å². The van der Waals surface area contributed by atoms with Crippen molar-refractivity contribution >= 4 is 82.8 Å². The molecule has 35 heteroatoms. The molecule has 4 aliphatic carbocycles. The SMILES string of the molecule is C[C@@H](NC(=O)[C@H](CC1CCCCC1)NC(=O)[C@@H](CCCCN)NC(=O)[C@@H](C)NC(=O)[C@@H](CC1CCCCC1)NC(=O)[C@H](N)CCCCN)C(=O)N[C@H](CCCCN)C(=O)N[C@H](CCCCN)C(=O)N[C@@H](CC1CCCCC1)C(=O)N[C@H](C)C(=O)N[C@H](CCCCN)C(=O)N[C@H](CC1CCCCC1)C(=O)N[C@H](C)C(=O)N[C@H](CCCCN)C(=O)O. The third-order valence-electron chi connectivity index (χ3n) is 23.9. The zero-order valence-corrected chi connectivity index (χ0v) is 72.0. The van der Waals surface area contributed by atoms with Crippen LogP contribution in [0.25, 0.3) is 0 Å². The van der Waals surface area contributed by atoms with E-state index in [9.17, 15) is 72.2 Å². The van der Waals surface area contributed by atoms with Crippen molar-refractivity contribution in [1.82, 2.24) is 69.1 Å². The second-order valence-electron chi connectivity index (χ2n) is 34.1. The maximum absolute atomic E-state index is 14.9. The summed E-state index contributed by atoms with van der Waals surface area (Å²) in [4.78, 5) is 198. The van der Waals surface area contributed by atoms with Crippen LogP contribution in [0.1, 0.15) is 297 Å². The minimum Gasteiger partial charge on any atom is -0.480 e. The number of unbranched alkanes of at least 4 members (excludes halogenated alkanes) is 6. The molecule has 119 heavy (non-hydrogen) atoms. The van der Waals surface area contributed by atoms with Gasteiger partial charge in [-0.25, -0.2) is 4.79 Å². The van der Waals surface area contributed by atoms with Gasteiger partial charge < -0.3 is 114 Å². The summed E-state index contributed by atoms with van der Waals surface area (Å²) in [5.74, 6) is -9.95. The molecule has 680 valence electrons. The van der Waals surface area contributed by atoms with Crippen LogP contribution in [0.15, 0.2) is 0 Å². The predicted octanol–water partition coefficient (Wildman–Crippen LogP) is 1.44. The molecule has 14 atom stereocenters. The van der Waals surface area contributed by atoms with E-state index in [0.29, 0.717) is 110 Å². The molecule has 0 radical (unpaired) electrons. The smallest absolute Gasteiger partial charge is 0.326 e. The monoisotopic (exact) mass is 1680 g/mol. The molecule has 4 aliphatic rings. The van der Waals surface area contributed by atoms with Gasteiger partial charge in [0.25, 0.3) is 0 Å². The Balaban J connectivity index is 1.54. The lowest BCUT2D eigenvalue weighted by molar-refractivity contribution is -0.142. The number of carboxylic acids is 1. The first-order chi connectivity index (χ1) is 57.1. The Hall–Kier alpha value is -7.70. The molecule has 28 N–H and O–H groups in total. The van der Waals surface area contributed by atoms with Crippen LogP contribution >= 0.6 is 0 Å².